The van der Waals surface area contributed by atoms with Crippen LogP contribution in [0.3, 0.4) is 0 Å². The summed E-state index contributed by atoms with van der Waals surface area (Å²) in [7, 11) is 0. The van der Waals surface area contributed by atoms with Crippen molar-refractivity contribution in [2.45, 2.75) is 12.4 Å². The molecule has 18 heavy (non-hydrogen) atoms. The molecule has 90 valence electrons. The van der Waals surface area contributed by atoms with E-state index in [2.05, 4.69) is 0 Å². The molecule has 2 aromatic rings. The molecule has 3 nitrogen and oxygen atoms in total. The summed E-state index contributed by atoms with van der Waals surface area (Å²) in [6, 6.07) is 18.7. The first-order chi connectivity index (χ1) is 8.84. The number of epoxide rings is 1. The lowest BCUT2D eigenvalue weighted by molar-refractivity contribution is 0.0297. The number of hydrogen-bond donors (Lipinski definition) is 0. The first-order valence-electron chi connectivity index (χ1n) is 5.81. The Balaban J connectivity index is 1.62. The molecule has 0 unspecified atom stereocenters. The number of esters is 1. The van der Waals surface area contributed by atoms with Gasteiger partial charge >= 0.3 is 5.97 Å². The third-order valence-corrected chi connectivity index (χ3v) is 2.81. The van der Waals surface area contributed by atoms with Gasteiger partial charge in [-0.1, -0.05) is 48.5 Å². The SMILES string of the molecule is O=C(O[C@@H]1O[C@@H]1c1ccccc1)c1ccccc1. The van der Waals surface area contributed by atoms with Crippen molar-refractivity contribution in [2.75, 3.05) is 0 Å². The van der Waals surface area contributed by atoms with E-state index in [1.165, 1.54) is 0 Å². The van der Waals surface area contributed by atoms with Gasteiger partial charge in [0.05, 0.1) is 5.56 Å². The maximum Gasteiger partial charge on any atom is 0.340 e. The van der Waals surface area contributed by atoms with Gasteiger partial charge in [0, 0.05) is 0 Å². The molecule has 0 N–H and O–H groups in total. The summed E-state index contributed by atoms with van der Waals surface area (Å²) in [6.07, 6.45) is -0.584. The first kappa shape index (κ1) is 11.0. The lowest BCUT2D eigenvalue weighted by Crippen LogP contribution is -2.07. The van der Waals surface area contributed by atoms with Crippen molar-refractivity contribution in [3.05, 3.63) is 71.8 Å². The minimum absolute atomic E-state index is 0.126. The van der Waals surface area contributed by atoms with Gasteiger partial charge in [0.1, 0.15) is 6.10 Å². The van der Waals surface area contributed by atoms with Gasteiger partial charge in [-0.2, -0.15) is 0 Å². The molecule has 0 radical (unpaired) electrons. The fourth-order valence-corrected chi connectivity index (χ4v) is 1.81. The topological polar surface area (TPSA) is 38.8 Å². The van der Waals surface area contributed by atoms with Crippen LogP contribution in [0.25, 0.3) is 0 Å². The highest BCUT2D eigenvalue weighted by Crippen LogP contribution is 2.39. The molecule has 1 saturated heterocycles. The number of benzene rings is 2. The zero-order valence-electron chi connectivity index (χ0n) is 9.65. The van der Waals surface area contributed by atoms with Gasteiger partial charge < -0.3 is 9.47 Å². The van der Waals surface area contributed by atoms with Crippen molar-refractivity contribution >= 4 is 5.97 Å². The van der Waals surface area contributed by atoms with Gasteiger partial charge in [0.25, 0.3) is 0 Å². The predicted octanol–water partition coefficient (Wildman–Crippen LogP) is 2.94. The third kappa shape index (κ3) is 2.26. The van der Waals surface area contributed by atoms with Crippen molar-refractivity contribution < 1.29 is 14.3 Å². The molecule has 1 heterocycles. The fourth-order valence-electron chi connectivity index (χ4n) is 1.81. The zero-order valence-corrected chi connectivity index (χ0v) is 9.65. The van der Waals surface area contributed by atoms with Crippen LogP contribution in [0.1, 0.15) is 22.0 Å². The fraction of sp³-hybridized carbons (Fsp3) is 0.133. The van der Waals surface area contributed by atoms with Crippen molar-refractivity contribution in [3.8, 4) is 0 Å². The molecule has 1 aliphatic rings. The molecule has 0 saturated carbocycles. The Morgan fingerprint density at radius 3 is 2.22 bits per heavy atom. The third-order valence-electron chi connectivity index (χ3n) is 2.81. The van der Waals surface area contributed by atoms with Crippen LogP contribution < -0.4 is 0 Å². The van der Waals surface area contributed by atoms with Crippen LogP contribution in [0.15, 0.2) is 60.7 Å². The molecule has 2 aromatic carbocycles. The Morgan fingerprint density at radius 2 is 1.56 bits per heavy atom. The summed E-state index contributed by atoms with van der Waals surface area (Å²) in [5.74, 6) is -0.348. The first-order valence-corrected chi connectivity index (χ1v) is 5.81. The molecule has 3 heteroatoms. The standard InChI is InChI=1S/C15H12O3/c16-14(12-9-5-2-6-10-12)18-15-13(17-15)11-7-3-1-4-8-11/h1-10,13,15H/t13-,15+/m1/s1. The molecule has 1 aliphatic heterocycles. The molecular formula is C15H12O3. The van der Waals surface area contributed by atoms with Gasteiger partial charge in [-0.3, -0.25) is 0 Å². The molecular weight excluding hydrogens is 228 g/mol. The largest absolute Gasteiger partial charge is 0.429 e. The Labute approximate surface area is 105 Å². The Kier molecular flexibility index (Phi) is 2.82. The summed E-state index contributed by atoms with van der Waals surface area (Å²) in [4.78, 5) is 11.8. The van der Waals surface area contributed by atoms with Gasteiger partial charge in [-0.25, -0.2) is 4.79 Å². The maximum absolute atomic E-state index is 11.8. The summed E-state index contributed by atoms with van der Waals surface area (Å²) >= 11 is 0. The number of carbonyl (C=O) groups excluding carboxylic acids is 1. The highest BCUT2D eigenvalue weighted by Gasteiger charge is 2.43. The van der Waals surface area contributed by atoms with Crippen molar-refractivity contribution in [3.63, 3.8) is 0 Å². The second-order valence-corrected chi connectivity index (χ2v) is 4.11. The Bertz CT molecular complexity index is 536. The van der Waals surface area contributed by atoms with E-state index in [0.717, 1.165) is 5.56 Å². The summed E-state index contributed by atoms with van der Waals surface area (Å²) in [6.45, 7) is 0. The van der Waals surface area contributed by atoms with E-state index < -0.39 is 6.29 Å². The molecule has 0 aromatic heterocycles. The summed E-state index contributed by atoms with van der Waals surface area (Å²) in [5.41, 5.74) is 1.57. The Morgan fingerprint density at radius 1 is 0.944 bits per heavy atom. The molecule has 0 spiro atoms. The molecule has 2 atom stereocenters. The van der Waals surface area contributed by atoms with E-state index in [4.69, 9.17) is 9.47 Å². The van der Waals surface area contributed by atoms with Crippen molar-refractivity contribution in [1.29, 1.82) is 0 Å². The van der Waals surface area contributed by atoms with Gasteiger partial charge in [-0.15, -0.1) is 0 Å². The quantitative estimate of drug-likeness (QED) is 0.611. The summed E-state index contributed by atoms with van der Waals surface area (Å²) in [5, 5.41) is 0. The average molecular weight is 240 g/mol. The van der Waals surface area contributed by atoms with E-state index in [1.54, 1.807) is 24.3 Å². The van der Waals surface area contributed by atoms with Crippen LogP contribution in [0.5, 0.6) is 0 Å². The van der Waals surface area contributed by atoms with Crippen LogP contribution >= 0.6 is 0 Å². The van der Waals surface area contributed by atoms with E-state index in [0.29, 0.717) is 5.56 Å². The van der Waals surface area contributed by atoms with E-state index in [-0.39, 0.29) is 12.1 Å². The maximum atomic E-state index is 11.8. The van der Waals surface area contributed by atoms with Crippen LogP contribution in [-0.2, 0) is 9.47 Å². The van der Waals surface area contributed by atoms with E-state index in [1.807, 2.05) is 36.4 Å². The molecule has 3 rings (SSSR count). The number of ether oxygens (including phenoxy) is 2. The second-order valence-electron chi connectivity index (χ2n) is 4.11. The number of hydrogen-bond acceptors (Lipinski definition) is 3. The summed E-state index contributed by atoms with van der Waals surface area (Å²) < 4.78 is 10.6. The molecule has 0 bridgehead atoms. The van der Waals surface area contributed by atoms with Gasteiger partial charge in [0.15, 0.2) is 0 Å². The number of carbonyl (C=O) groups is 1. The van der Waals surface area contributed by atoms with Crippen molar-refractivity contribution in [2.24, 2.45) is 0 Å². The lowest BCUT2D eigenvalue weighted by atomic mass is 10.1. The monoisotopic (exact) mass is 240 g/mol. The molecule has 1 fully saturated rings. The normalized spacial score (nSPS) is 21.3. The zero-order chi connectivity index (χ0) is 12.4. The van der Waals surface area contributed by atoms with E-state index >= 15 is 0 Å². The highest BCUT2D eigenvalue weighted by molar-refractivity contribution is 5.89. The highest BCUT2D eigenvalue weighted by atomic mass is 16.8. The lowest BCUT2D eigenvalue weighted by Gasteiger charge is -2.00. The molecule has 0 amide bonds. The van der Waals surface area contributed by atoms with Gasteiger partial charge in [-0.05, 0) is 17.7 Å². The predicted molar refractivity (Wildman–Crippen MR) is 65.9 cm³/mol. The minimum atomic E-state index is -0.458. The Hall–Kier alpha value is -2.13. The second kappa shape index (κ2) is 4.63. The average Bonchev–Trinajstić information content (AvgIpc) is 3.20. The number of rotatable bonds is 3. The van der Waals surface area contributed by atoms with Crippen LogP contribution in [0.4, 0.5) is 0 Å². The minimum Gasteiger partial charge on any atom is -0.429 e. The van der Waals surface area contributed by atoms with Crippen LogP contribution in [-0.4, -0.2) is 12.3 Å². The molecule has 0 aliphatic carbocycles. The van der Waals surface area contributed by atoms with Crippen LogP contribution in [0, 0.1) is 0 Å². The van der Waals surface area contributed by atoms with E-state index in [9.17, 15) is 4.79 Å². The smallest absolute Gasteiger partial charge is 0.340 e. The van der Waals surface area contributed by atoms with Gasteiger partial charge in [0.2, 0.25) is 6.29 Å². The van der Waals surface area contributed by atoms with Crippen LogP contribution in [0.2, 0.25) is 0 Å². The van der Waals surface area contributed by atoms with Crippen molar-refractivity contribution in [1.82, 2.24) is 0 Å².